The first-order chi connectivity index (χ1) is 12.0. The Morgan fingerprint density at radius 1 is 0.920 bits per heavy atom. The zero-order valence-corrected chi connectivity index (χ0v) is 14.2. The van der Waals surface area contributed by atoms with E-state index in [1.807, 2.05) is 42.7 Å². The Bertz CT molecular complexity index is 844. The zero-order chi connectivity index (χ0) is 17.9. The monoisotopic (exact) mass is 360 g/mol. The van der Waals surface area contributed by atoms with Gasteiger partial charge in [0.2, 0.25) is 0 Å². The summed E-state index contributed by atoms with van der Waals surface area (Å²) in [6.07, 6.45) is -0.684. The van der Waals surface area contributed by atoms with E-state index >= 15 is 0 Å². The van der Waals surface area contributed by atoms with Gasteiger partial charge < -0.3 is 5.32 Å². The summed E-state index contributed by atoms with van der Waals surface area (Å²) in [5.74, 6) is 0.596. The fraction of sp³-hybridized carbons (Fsp3) is 0.105. The summed E-state index contributed by atoms with van der Waals surface area (Å²) in [5.41, 5.74) is 1.75. The summed E-state index contributed by atoms with van der Waals surface area (Å²) < 4.78 is 38.0. The molecule has 0 atom stereocenters. The van der Waals surface area contributed by atoms with Crippen LogP contribution in [0.5, 0.6) is 0 Å². The van der Waals surface area contributed by atoms with Crippen LogP contribution in [0, 0.1) is 0 Å². The minimum absolute atomic E-state index is 0.550. The minimum atomic E-state index is -4.34. The molecule has 1 N–H and O–H groups in total. The van der Waals surface area contributed by atoms with Crippen LogP contribution in [0.2, 0.25) is 0 Å². The van der Waals surface area contributed by atoms with Crippen LogP contribution in [-0.4, -0.2) is 11.2 Å². The minimum Gasteiger partial charge on any atom is -0.340 e. The highest BCUT2D eigenvalue weighted by Gasteiger charge is 2.29. The average Bonchev–Trinajstić information content (AvgIpc) is 2.62. The number of halogens is 3. The molecule has 128 valence electrons. The Kier molecular flexibility index (Phi) is 4.99. The maximum atomic E-state index is 12.7. The summed E-state index contributed by atoms with van der Waals surface area (Å²) in [5, 5.41) is 3.09. The third-order valence-electron chi connectivity index (χ3n) is 3.68. The lowest BCUT2D eigenvalue weighted by Gasteiger charge is -2.12. The molecule has 2 aromatic carbocycles. The van der Waals surface area contributed by atoms with Gasteiger partial charge in [-0.25, -0.2) is 4.98 Å². The van der Waals surface area contributed by atoms with Crippen molar-refractivity contribution in [2.75, 3.05) is 11.6 Å². The third-order valence-corrected chi connectivity index (χ3v) is 4.43. The highest BCUT2D eigenvalue weighted by molar-refractivity contribution is 7.98. The van der Waals surface area contributed by atoms with Gasteiger partial charge in [-0.05, 0) is 60.4 Å². The molecule has 3 aromatic rings. The number of alkyl halides is 3. The normalized spacial score (nSPS) is 11.4. The molecule has 0 saturated carbocycles. The van der Waals surface area contributed by atoms with Gasteiger partial charge >= 0.3 is 6.18 Å². The van der Waals surface area contributed by atoms with Crippen LogP contribution in [0.4, 0.5) is 24.7 Å². The Morgan fingerprint density at radius 2 is 1.60 bits per heavy atom. The van der Waals surface area contributed by atoms with Crippen molar-refractivity contribution in [3.63, 3.8) is 0 Å². The van der Waals surface area contributed by atoms with Gasteiger partial charge in [0, 0.05) is 22.3 Å². The van der Waals surface area contributed by atoms with Gasteiger partial charge in [-0.2, -0.15) is 13.2 Å². The summed E-state index contributed by atoms with van der Waals surface area (Å²) in [7, 11) is 0. The Balaban J connectivity index is 1.88. The summed E-state index contributed by atoms with van der Waals surface area (Å²) in [6, 6.07) is 16.7. The van der Waals surface area contributed by atoms with Crippen LogP contribution in [-0.2, 0) is 6.18 Å². The molecule has 0 amide bonds. The lowest BCUT2D eigenvalue weighted by molar-refractivity contribution is -0.137. The molecule has 0 aliphatic heterocycles. The molecule has 2 nitrogen and oxygen atoms in total. The van der Waals surface area contributed by atoms with E-state index in [2.05, 4.69) is 10.3 Å². The molecule has 25 heavy (non-hydrogen) atoms. The molecule has 6 heteroatoms. The number of pyridine rings is 1. The molecule has 0 aliphatic rings. The van der Waals surface area contributed by atoms with Gasteiger partial charge in [0.25, 0.3) is 0 Å². The highest BCUT2D eigenvalue weighted by atomic mass is 32.2. The fourth-order valence-electron chi connectivity index (χ4n) is 2.39. The molecule has 3 rings (SSSR count). The first kappa shape index (κ1) is 17.4. The lowest BCUT2D eigenvalue weighted by Crippen LogP contribution is -2.04. The van der Waals surface area contributed by atoms with E-state index < -0.39 is 11.7 Å². The van der Waals surface area contributed by atoms with Gasteiger partial charge in [0.05, 0.1) is 5.56 Å². The van der Waals surface area contributed by atoms with Gasteiger partial charge in [-0.15, -0.1) is 11.8 Å². The van der Waals surface area contributed by atoms with Crippen molar-refractivity contribution in [1.29, 1.82) is 0 Å². The molecule has 0 saturated heterocycles. The number of rotatable bonds is 4. The molecular weight excluding hydrogens is 345 g/mol. The summed E-state index contributed by atoms with van der Waals surface area (Å²) in [4.78, 5) is 5.48. The molecule has 0 fully saturated rings. The second-order valence-electron chi connectivity index (χ2n) is 5.33. The van der Waals surface area contributed by atoms with Crippen molar-refractivity contribution >= 4 is 23.3 Å². The molecule has 0 unspecified atom stereocenters. The van der Waals surface area contributed by atoms with Crippen molar-refractivity contribution < 1.29 is 13.2 Å². The van der Waals surface area contributed by atoms with E-state index in [0.29, 0.717) is 11.5 Å². The SMILES string of the molecule is CSc1ccc(-c2cccnc2Nc2ccc(C(F)(F)F)cc2)cc1. The van der Waals surface area contributed by atoms with Crippen LogP contribution in [0.3, 0.4) is 0 Å². The Morgan fingerprint density at radius 3 is 2.20 bits per heavy atom. The van der Waals surface area contributed by atoms with E-state index in [0.717, 1.165) is 28.2 Å². The Hall–Kier alpha value is -2.47. The Labute approximate surface area is 148 Å². The number of thioether (sulfide) groups is 1. The van der Waals surface area contributed by atoms with E-state index in [9.17, 15) is 13.2 Å². The summed E-state index contributed by atoms with van der Waals surface area (Å²) in [6.45, 7) is 0. The number of aromatic nitrogens is 1. The second kappa shape index (κ2) is 7.19. The number of hydrogen-bond acceptors (Lipinski definition) is 3. The third kappa shape index (κ3) is 4.14. The zero-order valence-electron chi connectivity index (χ0n) is 13.3. The maximum Gasteiger partial charge on any atom is 0.416 e. The molecule has 0 spiro atoms. The molecule has 0 bridgehead atoms. The van der Waals surface area contributed by atoms with Crippen molar-refractivity contribution in [2.24, 2.45) is 0 Å². The first-order valence-electron chi connectivity index (χ1n) is 7.51. The quantitative estimate of drug-likeness (QED) is 0.558. The van der Waals surface area contributed by atoms with Crippen LogP contribution >= 0.6 is 11.8 Å². The van der Waals surface area contributed by atoms with Crippen LogP contribution < -0.4 is 5.32 Å². The number of nitrogens with zero attached hydrogens (tertiary/aromatic N) is 1. The number of anilines is 2. The molecule has 1 aromatic heterocycles. The molecule has 1 heterocycles. The predicted octanol–water partition coefficient (Wildman–Crippen LogP) is 6.23. The smallest absolute Gasteiger partial charge is 0.340 e. The summed E-state index contributed by atoms with van der Waals surface area (Å²) >= 11 is 1.66. The van der Waals surface area contributed by atoms with Gasteiger partial charge in [-0.3, -0.25) is 0 Å². The maximum absolute atomic E-state index is 12.7. The lowest BCUT2D eigenvalue weighted by atomic mass is 10.1. The molecular formula is C19H15F3N2S. The van der Waals surface area contributed by atoms with Crippen LogP contribution in [0.15, 0.2) is 71.8 Å². The number of hydrogen-bond donors (Lipinski definition) is 1. The van der Waals surface area contributed by atoms with E-state index in [4.69, 9.17) is 0 Å². The number of nitrogens with one attached hydrogen (secondary N) is 1. The van der Waals surface area contributed by atoms with Crippen LogP contribution in [0.1, 0.15) is 5.56 Å². The van der Waals surface area contributed by atoms with Gasteiger partial charge in [0.1, 0.15) is 5.82 Å². The van der Waals surface area contributed by atoms with E-state index in [1.54, 1.807) is 18.0 Å². The molecule has 0 aliphatic carbocycles. The largest absolute Gasteiger partial charge is 0.416 e. The second-order valence-corrected chi connectivity index (χ2v) is 6.21. The van der Waals surface area contributed by atoms with Gasteiger partial charge in [0.15, 0.2) is 0 Å². The fourth-order valence-corrected chi connectivity index (χ4v) is 2.80. The highest BCUT2D eigenvalue weighted by Crippen LogP contribution is 2.32. The van der Waals surface area contributed by atoms with Crippen LogP contribution in [0.25, 0.3) is 11.1 Å². The predicted molar refractivity (Wildman–Crippen MR) is 96.2 cm³/mol. The van der Waals surface area contributed by atoms with Crippen molar-refractivity contribution in [3.8, 4) is 11.1 Å². The van der Waals surface area contributed by atoms with Crippen molar-refractivity contribution in [3.05, 3.63) is 72.4 Å². The van der Waals surface area contributed by atoms with E-state index in [-0.39, 0.29) is 0 Å². The average molecular weight is 360 g/mol. The topological polar surface area (TPSA) is 24.9 Å². The first-order valence-corrected chi connectivity index (χ1v) is 8.73. The standard InChI is InChI=1S/C19H15F3N2S/c1-25-16-10-4-13(5-11-16)17-3-2-12-23-18(17)24-15-8-6-14(7-9-15)19(20,21)22/h2-12H,1H3,(H,23,24). The van der Waals surface area contributed by atoms with Crippen molar-refractivity contribution in [2.45, 2.75) is 11.1 Å². The van der Waals surface area contributed by atoms with Crippen molar-refractivity contribution in [1.82, 2.24) is 4.98 Å². The van der Waals surface area contributed by atoms with E-state index in [1.165, 1.54) is 12.1 Å². The number of benzene rings is 2. The van der Waals surface area contributed by atoms with Gasteiger partial charge in [-0.1, -0.05) is 12.1 Å². The molecule has 0 radical (unpaired) electrons.